The van der Waals surface area contributed by atoms with Crippen LogP contribution >= 0.6 is 0 Å². The van der Waals surface area contributed by atoms with Crippen LogP contribution in [0.1, 0.15) is 52.4 Å². The van der Waals surface area contributed by atoms with Gasteiger partial charge in [0.15, 0.2) is 0 Å². The maximum absolute atomic E-state index is 12.2. The van der Waals surface area contributed by atoms with Crippen molar-refractivity contribution in [3.05, 3.63) is 24.3 Å². The summed E-state index contributed by atoms with van der Waals surface area (Å²) < 4.78 is 5.77. The molecule has 2 amide bonds. The average molecular weight is 373 g/mol. The van der Waals surface area contributed by atoms with E-state index in [0.29, 0.717) is 5.69 Å². The quantitative estimate of drug-likeness (QED) is 0.631. The monoisotopic (exact) mass is 373 g/mol. The lowest BCUT2D eigenvalue weighted by molar-refractivity contribution is -0.136. The van der Waals surface area contributed by atoms with Crippen LogP contribution in [0.15, 0.2) is 24.3 Å². The van der Waals surface area contributed by atoms with Crippen LogP contribution in [-0.2, 0) is 14.3 Å². The number of carbonyl (C=O) groups excluding carboxylic acids is 2. The van der Waals surface area contributed by atoms with Crippen LogP contribution in [0.3, 0.4) is 0 Å². The zero-order valence-corrected chi connectivity index (χ0v) is 16.4. The van der Waals surface area contributed by atoms with E-state index in [9.17, 15) is 9.59 Å². The standard InChI is InChI=1S/C21H31N3O3/c1-15-13-24(14-16(2)27-15)19-11-9-18(10-12-19)23-21(26)20(25)22-17-7-5-3-4-6-8-17/h9-12,15-17H,3-8,13-14H2,1-2H3,(H,22,25)(H,23,26)/t15-,16+. The molecule has 2 aliphatic rings. The number of carbonyl (C=O) groups is 2. The number of morpholine rings is 1. The van der Waals surface area contributed by atoms with Crippen molar-refractivity contribution in [2.45, 2.75) is 70.6 Å². The van der Waals surface area contributed by atoms with Gasteiger partial charge in [0.1, 0.15) is 0 Å². The maximum atomic E-state index is 12.2. The Hall–Kier alpha value is -2.08. The average Bonchev–Trinajstić information content (AvgIpc) is 2.90. The van der Waals surface area contributed by atoms with Crippen LogP contribution < -0.4 is 15.5 Å². The summed E-state index contributed by atoms with van der Waals surface area (Å²) in [5, 5.41) is 5.58. The van der Waals surface area contributed by atoms with Gasteiger partial charge < -0.3 is 20.3 Å². The molecule has 0 aromatic heterocycles. The van der Waals surface area contributed by atoms with E-state index < -0.39 is 11.8 Å². The normalized spacial score (nSPS) is 24.1. The van der Waals surface area contributed by atoms with Crippen LogP contribution in [0.25, 0.3) is 0 Å². The third-order valence-corrected chi connectivity index (χ3v) is 5.31. The van der Waals surface area contributed by atoms with Gasteiger partial charge in [-0.05, 0) is 51.0 Å². The molecule has 0 radical (unpaired) electrons. The molecule has 2 atom stereocenters. The molecule has 0 spiro atoms. The molecule has 2 fully saturated rings. The lowest BCUT2D eigenvalue weighted by Crippen LogP contribution is -2.45. The Morgan fingerprint density at radius 3 is 2.11 bits per heavy atom. The van der Waals surface area contributed by atoms with Crippen molar-refractivity contribution in [3.8, 4) is 0 Å². The van der Waals surface area contributed by atoms with Gasteiger partial charge in [0.25, 0.3) is 0 Å². The summed E-state index contributed by atoms with van der Waals surface area (Å²) in [5.74, 6) is -1.14. The first-order valence-corrected chi connectivity index (χ1v) is 10.1. The van der Waals surface area contributed by atoms with E-state index in [1.165, 1.54) is 12.8 Å². The minimum Gasteiger partial charge on any atom is -0.372 e. The van der Waals surface area contributed by atoms with Crippen molar-refractivity contribution in [3.63, 3.8) is 0 Å². The largest absolute Gasteiger partial charge is 0.372 e. The minimum absolute atomic E-state index is 0.124. The molecule has 0 unspecified atom stereocenters. The number of benzene rings is 1. The Morgan fingerprint density at radius 1 is 0.926 bits per heavy atom. The predicted molar refractivity (Wildman–Crippen MR) is 107 cm³/mol. The van der Waals surface area contributed by atoms with Gasteiger partial charge in [-0.15, -0.1) is 0 Å². The highest BCUT2D eigenvalue weighted by atomic mass is 16.5. The summed E-state index contributed by atoms with van der Waals surface area (Å²) >= 11 is 0. The Kier molecular flexibility index (Phi) is 6.72. The maximum Gasteiger partial charge on any atom is 0.313 e. The van der Waals surface area contributed by atoms with E-state index in [4.69, 9.17) is 4.74 Å². The molecular weight excluding hydrogens is 342 g/mol. The Balaban J connectivity index is 1.52. The number of ether oxygens (including phenoxy) is 1. The second-order valence-corrected chi connectivity index (χ2v) is 7.83. The third-order valence-electron chi connectivity index (χ3n) is 5.31. The van der Waals surface area contributed by atoms with Crippen LogP contribution in [-0.4, -0.2) is 43.2 Å². The molecule has 1 aromatic carbocycles. The summed E-state index contributed by atoms with van der Waals surface area (Å²) in [7, 11) is 0. The third kappa shape index (κ3) is 5.70. The number of anilines is 2. The molecule has 1 heterocycles. The van der Waals surface area contributed by atoms with Crippen LogP contribution in [0, 0.1) is 0 Å². The zero-order chi connectivity index (χ0) is 19.2. The summed E-state index contributed by atoms with van der Waals surface area (Å²) in [6.45, 7) is 5.84. The first-order chi connectivity index (χ1) is 13.0. The summed E-state index contributed by atoms with van der Waals surface area (Å²) in [5.41, 5.74) is 1.73. The van der Waals surface area contributed by atoms with Crippen LogP contribution in [0.4, 0.5) is 11.4 Å². The Bertz CT molecular complexity index is 629. The lowest BCUT2D eigenvalue weighted by Gasteiger charge is -2.36. The van der Waals surface area contributed by atoms with E-state index in [1.807, 2.05) is 24.3 Å². The van der Waals surface area contributed by atoms with Gasteiger partial charge in [-0.1, -0.05) is 25.7 Å². The molecule has 2 N–H and O–H groups in total. The summed E-state index contributed by atoms with van der Waals surface area (Å²) in [4.78, 5) is 26.6. The lowest BCUT2D eigenvalue weighted by atomic mass is 10.1. The highest BCUT2D eigenvalue weighted by Crippen LogP contribution is 2.22. The molecule has 6 heteroatoms. The topological polar surface area (TPSA) is 70.7 Å². The van der Waals surface area contributed by atoms with Crippen molar-refractivity contribution in [2.24, 2.45) is 0 Å². The molecular formula is C21H31N3O3. The Labute approximate surface area is 161 Å². The minimum atomic E-state index is -0.597. The molecule has 6 nitrogen and oxygen atoms in total. The first-order valence-electron chi connectivity index (χ1n) is 10.1. The molecule has 1 saturated carbocycles. The number of hydrogen-bond donors (Lipinski definition) is 2. The van der Waals surface area contributed by atoms with E-state index in [0.717, 1.165) is 44.5 Å². The van der Waals surface area contributed by atoms with E-state index in [-0.39, 0.29) is 18.2 Å². The Morgan fingerprint density at radius 2 is 1.52 bits per heavy atom. The predicted octanol–water partition coefficient (Wildman–Crippen LogP) is 3.08. The van der Waals surface area contributed by atoms with Gasteiger partial charge in [0.2, 0.25) is 0 Å². The molecule has 1 aliphatic carbocycles. The zero-order valence-electron chi connectivity index (χ0n) is 16.4. The van der Waals surface area contributed by atoms with Gasteiger partial charge >= 0.3 is 11.8 Å². The SMILES string of the molecule is C[C@@H]1CN(c2ccc(NC(=O)C(=O)NC3CCCCCC3)cc2)C[C@H](C)O1. The van der Waals surface area contributed by atoms with Crippen molar-refractivity contribution in [2.75, 3.05) is 23.3 Å². The second-order valence-electron chi connectivity index (χ2n) is 7.83. The number of rotatable bonds is 3. The fourth-order valence-corrected chi connectivity index (χ4v) is 4.01. The smallest absolute Gasteiger partial charge is 0.313 e. The van der Waals surface area contributed by atoms with Crippen molar-refractivity contribution in [1.29, 1.82) is 0 Å². The van der Waals surface area contributed by atoms with E-state index in [1.54, 1.807) is 0 Å². The van der Waals surface area contributed by atoms with Crippen molar-refractivity contribution >= 4 is 23.2 Å². The van der Waals surface area contributed by atoms with Gasteiger partial charge in [-0.3, -0.25) is 9.59 Å². The van der Waals surface area contributed by atoms with Crippen molar-refractivity contribution in [1.82, 2.24) is 5.32 Å². The summed E-state index contributed by atoms with van der Waals surface area (Å²) in [6.07, 6.45) is 6.98. The summed E-state index contributed by atoms with van der Waals surface area (Å²) in [6, 6.07) is 7.76. The number of nitrogens with one attached hydrogen (secondary N) is 2. The van der Waals surface area contributed by atoms with Gasteiger partial charge in [0, 0.05) is 30.5 Å². The number of nitrogens with zero attached hydrogens (tertiary/aromatic N) is 1. The number of hydrogen-bond acceptors (Lipinski definition) is 4. The highest BCUT2D eigenvalue weighted by Gasteiger charge is 2.23. The van der Waals surface area contributed by atoms with E-state index >= 15 is 0 Å². The molecule has 3 rings (SSSR count). The number of amides is 2. The first kappa shape index (κ1) is 19.7. The van der Waals surface area contributed by atoms with Gasteiger partial charge in [0.05, 0.1) is 12.2 Å². The molecule has 148 valence electrons. The fourth-order valence-electron chi connectivity index (χ4n) is 4.01. The van der Waals surface area contributed by atoms with Gasteiger partial charge in [-0.2, -0.15) is 0 Å². The van der Waals surface area contributed by atoms with Crippen LogP contribution in [0.2, 0.25) is 0 Å². The molecule has 1 aromatic rings. The molecule has 27 heavy (non-hydrogen) atoms. The highest BCUT2D eigenvalue weighted by molar-refractivity contribution is 6.39. The van der Waals surface area contributed by atoms with E-state index in [2.05, 4.69) is 29.4 Å². The van der Waals surface area contributed by atoms with Gasteiger partial charge in [-0.25, -0.2) is 0 Å². The molecule has 0 bridgehead atoms. The van der Waals surface area contributed by atoms with Crippen molar-refractivity contribution < 1.29 is 14.3 Å². The van der Waals surface area contributed by atoms with Crippen LogP contribution in [0.5, 0.6) is 0 Å². The molecule has 1 aliphatic heterocycles. The fraction of sp³-hybridized carbons (Fsp3) is 0.619. The molecule has 1 saturated heterocycles. The second kappa shape index (κ2) is 9.22.